The van der Waals surface area contributed by atoms with E-state index in [0.29, 0.717) is 18.7 Å². The first-order chi connectivity index (χ1) is 9.75. The number of nitrogens with one attached hydrogen (secondary N) is 2. The molecule has 21 heavy (non-hydrogen) atoms. The highest BCUT2D eigenvalue weighted by atomic mass is 19.4. The summed E-state index contributed by atoms with van der Waals surface area (Å²) >= 11 is 0. The maximum Gasteiger partial charge on any atom is 0.416 e. The van der Waals surface area contributed by atoms with Gasteiger partial charge in [0.1, 0.15) is 5.69 Å². The molecule has 0 atom stereocenters. The quantitative estimate of drug-likeness (QED) is 0.365. The monoisotopic (exact) mass is 303 g/mol. The van der Waals surface area contributed by atoms with Crippen molar-refractivity contribution >= 4 is 17.3 Å². The van der Waals surface area contributed by atoms with E-state index in [0.717, 1.165) is 6.07 Å². The SMILES string of the molecule is C=CCNCC(=O)Nc1ccc(C(F)(F)F)cc1[N+](=O)[O-]. The lowest BCUT2D eigenvalue weighted by Gasteiger charge is -2.10. The molecular weight excluding hydrogens is 291 g/mol. The van der Waals surface area contributed by atoms with E-state index in [1.165, 1.54) is 6.08 Å². The molecule has 0 radical (unpaired) electrons. The summed E-state index contributed by atoms with van der Waals surface area (Å²) in [4.78, 5) is 21.3. The maximum absolute atomic E-state index is 12.5. The lowest BCUT2D eigenvalue weighted by atomic mass is 10.1. The molecule has 0 spiro atoms. The summed E-state index contributed by atoms with van der Waals surface area (Å²) in [7, 11) is 0. The van der Waals surface area contributed by atoms with E-state index in [1.54, 1.807) is 0 Å². The third-order valence-corrected chi connectivity index (χ3v) is 2.37. The summed E-state index contributed by atoms with van der Waals surface area (Å²) in [5.41, 5.74) is -2.27. The Hall–Kier alpha value is -2.42. The van der Waals surface area contributed by atoms with Crippen molar-refractivity contribution in [3.63, 3.8) is 0 Å². The summed E-state index contributed by atoms with van der Waals surface area (Å²) in [6.07, 6.45) is -3.19. The van der Waals surface area contributed by atoms with E-state index in [2.05, 4.69) is 17.2 Å². The highest BCUT2D eigenvalue weighted by Crippen LogP contribution is 2.34. The van der Waals surface area contributed by atoms with E-state index < -0.39 is 28.3 Å². The van der Waals surface area contributed by atoms with Gasteiger partial charge in [-0.25, -0.2) is 0 Å². The molecule has 1 aromatic carbocycles. The number of nitro groups is 1. The van der Waals surface area contributed by atoms with Crippen LogP contribution in [-0.4, -0.2) is 23.9 Å². The highest BCUT2D eigenvalue weighted by molar-refractivity contribution is 5.94. The predicted octanol–water partition coefficient (Wildman–Crippen LogP) is 2.33. The fourth-order valence-corrected chi connectivity index (χ4v) is 1.45. The highest BCUT2D eigenvalue weighted by Gasteiger charge is 2.33. The van der Waals surface area contributed by atoms with Gasteiger partial charge in [-0.15, -0.1) is 6.58 Å². The second kappa shape index (κ2) is 6.84. The molecular formula is C12H12F3N3O3. The minimum Gasteiger partial charge on any atom is -0.319 e. The third-order valence-electron chi connectivity index (χ3n) is 2.37. The molecule has 0 saturated carbocycles. The molecule has 0 heterocycles. The van der Waals surface area contributed by atoms with Gasteiger partial charge in [0, 0.05) is 12.6 Å². The fraction of sp³-hybridized carbons (Fsp3) is 0.250. The average molecular weight is 303 g/mol. The van der Waals surface area contributed by atoms with Crippen LogP contribution < -0.4 is 10.6 Å². The zero-order valence-electron chi connectivity index (χ0n) is 10.7. The van der Waals surface area contributed by atoms with Gasteiger partial charge in [0.05, 0.1) is 17.0 Å². The number of rotatable bonds is 6. The van der Waals surface area contributed by atoms with Crippen molar-refractivity contribution < 1.29 is 22.9 Å². The molecule has 2 N–H and O–H groups in total. The number of carbonyl (C=O) groups is 1. The number of nitrogens with zero attached hydrogens (tertiary/aromatic N) is 1. The van der Waals surface area contributed by atoms with E-state index in [9.17, 15) is 28.1 Å². The summed E-state index contributed by atoms with van der Waals surface area (Å²) in [6, 6.07) is 1.90. The molecule has 1 aromatic rings. The van der Waals surface area contributed by atoms with Gasteiger partial charge < -0.3 is 10.6 Å². The van der Waals surface area contributed by atoms with E-state index >= 15 is 0 Å². The topological polar surface area (TPSA) is 84.3 Å². The van der Waals surface area contributed by atoms with Crippen LogP contribution in [0.5, 0.6) is 0 Å². The molecule has 1 amide bonds. The van der Waals surface area contributed by atoms with Crippen LogP contribution in [0.3, 0.4) is 0 Å². The number of anilines is 1. The van der Waals surface area contributed by atoms with Crippen LogP contribution in [0.4, 0.5) is 24.5 Å². The molecule has 9 heteroatoms. The van der Waals surface area contributed by atoms with Gasteiger partial charge in [-0.05, 0) is 12.1 Å². The largest absolute Gasteiger partial charge is 0.416 e. The van der Waals surface area contributed by atoms with Crippen molar-refractivity contribution in [3.05, 3.63) is 46.5 Å². The number of hydrogen-bond donors (Lipinski definition) is 2. The normalized spacial score (nSPS) is 11.0. The molecule has 1 rings (SSSR count). The number of amides is 1. The van der Waals surface area contributed by atoms with Crippen molar-refractivity contribution in [2.45, 2.75) is 6.18 Å². The van der Waals surface area contributed by atoms with Gasteiger partial charge in [0.25, 0.3) is 5.69 Å². The Balaban J connectivity index is 2.94. The minimum atomic E-state index is -4.70. The lowest BCUT2D eigenvalue weighted by molar-refractivity contribution is -0.384. The van der Waals surface area contributed by atoms with Crippen molar-refractivity contribution in [1.82, 2.24) is 5.32 Å². The van der Waals surface area contributed by atoms with E-state index in [1.807, 2.05) is 0 Å². The fourth-order valence-electron chi connectivity index (χ4n) is 1.45. The summed E-state index contributed by atoms with van der Waals surface area (Å²) < 4.78 is 37.5. The van der Waals surface area contributed by atoms with Gasteiger partial charge in [0.15, 0.2) is 0 Å². The molecule has 0 saturated heterocycles. The molecule has 0 aromatic heterocycles. The number of benzene rings is 1. The van der Waals surface area contributed by atoms with Crippen LogP contribution in [0.2, 0.25) is 0 Å². The molecule has 0 aliphatic heterocycles. The number of nitro benzene ring substituents is 1. The van der Waals surface area contributed by atoms with Gasteiger partial charge >= 0.3 is 6.18 Å². The molecule has 6 nitrogen and oxygen atoms in total. The maximum atomic E-state index is 12.5. The van der Waals surface area contributed by atoms with Crippen molar-refractivity contribution in [1.29, 1.82) is 0 Å². The van der Waals surface area contributed by atoms with E-state index in [4.69, 9.17) is 0 Å². The van der Waals surface area contributed by atoms with Crippen LogP contribution in [0, 0.1) is 10.1 Å². The Bertz CT molecular complexity index is 558. The smallest absolute Gasteiger partial charge is 0.319 e. The number of hydrogen-bond acceptors (Lipinski definition) is 4. The lowest BCUT2D eigenvalue weighted by Crippen LogP contribution is -2.28. The molecule has 0 unspecified atom stereocenters. The predicted molar refractivity (Wildman–Crippen MR) is 69.8 cm³/mol. The zero-order chi connectivity index (χ0) is 16.0. The zero-order valence-corrected chi connectivity index (χ0v) is 10.7. The van der Waals surface area contributed by atoms with Crippen molar-refractivity contribution in [3.8, 4) is 0 Å². The first kappa shape index (κ1) is 16.6. The number of carbonyl (C=O) groups excluding carboxylic acids is 1. The first-order valence-electron chi connectivity index (χ1n) is 5.73. The van der Waals surface area contributed by atoms with E-state index in [-0.39, 0.29) is 12.2 Å². The standard InChI is InChI=1S/C12H12F3N3O3/c1-2-5-16-7-11(19)17-9-4-3-8(12(13,14)15)6-10(9)18(20)21/h2-4,6,16H,1,5,7H2,(H,17,19). The van der Waals surface area contributed by atoms with Gasteiger partial charge in [0.2, 0.25) is 5.91 Å². The second-order valence-electron chi connectivity index (χ2n) is 3.95. The van der Waals surface area contributed by atoms with Crippen molar-refractivity contribution in [2.24, 2.45) is 0 Å². The van der Waals surface area contributed by atoms with Gasteiger partial charge in [-0.1, -0.05) is 6.08 Å². The number of halogens is 3. The Morgan fingerprint density at radius 1 is 1.43 bits per heavy atom. The summed E-state index contributed by atoms with van der Waals surface area (Å²) in [5, 5.41) is 15.6. The third kappa shape index (κ3) is 4.88. The first-order valence-corrected chi connectivity index (χ1v) is 5.73. The molecule has 0 aliphatic carbocycles. The second-order valence-corrected chi connectivity index (χ2v) is 3.95. The van der Waals surface area contributed by atoms with Crippen LogP contribution in [0.1, 0.15) is 5.56 Å². The minimum absolute atomic E-state index is 0.149. The molecule has 114 valence electrons. The molecule has 0 fully saturated rings. The average Bonchev–Trinajstić information content (AvgIpc) is 2.37. The summed E-state index contributed by atoms with van der Waals surface area (Å²) in [5.74, 6) is -0.611. The Kier molecular flexibility index (Phi) is 5.42. The Morgan fingerprint density at radius 2 is 2.10 bits per heavy atom. The molecule has 0 aliphatic rings. The van der Waals surface area contributed by atoms with Gasteiger partial charge in [-0.3, -0.25) is 14.9 Å². The summed E-state index contributed by atoms with van der Waals surface area (Å²) in [6.45, 7) is 3.62. The number of alkyl halides is 3. The van der Waals surface area contributed by atoms with Crippen LogP contribution in [0.25, 0.3) is 0 Å². The van der Waals surface area contributed by atoms with Crippen molar-refractivity contribution in [2.75, 3.05) is 18.4 Å². The van der Waals surface area contributed by atoms with Crippen LogP contribution in [-0.2, 0) is 11.0 Å². The molecule has 0 bridgehead atoms. The Morgan fingerprint density at radius 3 is 2.62 bits per heavy atom. The van der Waals surface area contributed by atoms with Gasteiger partial charge in [-0.2, -0.15) is 13.2 Å². The van der Waals surface area contributed by atoms with Crippen LogP contribution >= 0.6 is 0 Å². The Labute approximate surface area is 117 Å². The van der Waals surface area contributed by atoms with Crippen LogP contribution in [0.15, 0.2) is 30.9 Å².